The Bertz CT molecular complexity index is 211. The Hall–Kier alpha value is -0.0800. The third-order valence-corrected chi connectivity index (χ3v) is 4.64. The van der Waals surface area contributed by atoms with Gasteiger partial charge in [-0.3, -0.25) is 0 Å². The van der Waals surface area contributed by atoms with Crippen molar-refractivity contribution in [2.24, 2.45) is 17.8 Å². The molecule has 2 rings (SSSR count). The molecule has 3 unspecified atom stereocenters. The van der Waals surface area contributed by atoms with Crippen LogP contribution in [0.1, 0.15) is 52.4 Å². The van der Waals surface area contributed by atoms with Crippen molar-refractivity contribution in [1.82, 2.24) is 5.32 Å². The number of rotatable bonds is 1. The Morgan fingerprint density at radius 2 is 1.69 bits per heavy atom. The SMILES string of the molecule is CC1CC(C)CC(C2(O)CCCNCC2)C1. The summed E-state index contributed by atoms with van der Waals surface area (Å²) in [6, 6.07) is 0. The third kappa shape index (κ3) is 2.78. The normalized spacial score (nSPS) is 46.3. The second-order valence-electron chi connectivity index (χ2n) is 6.32. The molecule has 0 aromatic carbocycles. The van der Waals surface area contributed by atoms with Gasteiger partial charge in [0.05, 0.1) is 5.60 Å². The van der Waals surface area contributed by atoms with Crippen LogP contribution in [0.25, 0.3) is 0 Å². The van der Waals surface area contributed by atoms with Gasteiger partial charge in [0.1, 0.15) is 0 Å². The quantitative estimate of drug-likeness (QED) is 0.719. The molecule has 0 amide bonds. The van der Waals surface area contributed by atoms with Crippen molar-refractivity contribution in [2.75, 3.05) is 13.1 Å². The molecule has 2 N–H and O–H groups in total. The maximum Gasteiger partial charge on any atom is 0.0688 e. The Morgan fingerprint density at radius 3 is 2.38 bits per heavy atom. The molecule has 1 saturated carbocycles. The van der Waals surface area contributed by atoms with Gasteiger partial charge in [0, 0.05) is 0 Å². The molecular formula is C14H27NO. The Morgan fingerprint density at radius 1 is 1.00 bits per heavy atom. The average molecular weight is 225 g/mol. The second kappa shape index (κ2) is 5.05. The molecule has 3 atom stereocenters. The predicted molar refractivity (Wildman–Crippen MR) is 67.3 cm³/mol. The Balaban J connectivity index is 2.02. The highest BCUT2D eigenvalue weighted by atomic mass is 16.3. The molecule has 0 radical (unpaired) electrons. The third-order valence-electron chi connectivity index (χ3n) is 4.64. The molecule has 1 saturated heterocycles. The van der Waals surface area contributed by atoms with Crippen LogP contribution in [0.4, 0.5) is 0 Å². The highest BCUT2D eigenvalue weighted by molar-refractivity contribution is 4.92. The van der Waals surface area contributed by atoms with Crippen molar-refractivity contribution < 1.29 is 5.11 Å². The van der Waals surface area contributed by atoms with E-state index in [1.54, 1.807) is 0 Å². The molecule has 1 aliphatic heterocycles. The van der Waals surface area contributed by atoms with E-state index < -0.39 is 0 Å². The minimum absolute atomic E-state index is 0.369. The van der Waals surface area contributed by atoms with Gasteiger partial charge >= 0.3 is 0 Å². The van der Waals surface area contributed by atoms with Crippen molar-refractivity contribution in [3.05, 3.63) is 0 Å². The topological polar surface area (TPSA) is 32.3 Å². The van der Waals surface area contributed by atoms with E-state index in [9.17, 15) is 5.11 Å². The van der Waals surface area contributed by atoms with Gasteiger partial charge in [0.25, 0.3) is 0 Å². The highest BCUT2D eigenvalue weighted by Crippen LogP contribution is 2.42. The number of hydrogen-bond acceptors (Lipinski definition) is 2. The van der Waals surface area contributed by atoms with Crippen LogP contribution in [0.3, 0.4) is 0 Å². The van der Waals surface area contributed by atoms with E-state index in [2.05, 4.69) is 19.2 Å². The summed E-state index contributed by atoms with van der Waals surface area (Å²) in [5, 5.41) is 14.3. The summed E-state index contributed by atoms with van der Waals surface area (Å²) in [6.07, 6.45) is 6.92. The van der Waals surface area contributed by atoms with Crippen LogP contribution >= 0.6 is 0 Å². The minimum atomic E-state index is -0.369. The monoisotopic (exact) mass is 225 g/mol. The van der Waals surface area contributed by atoms with Crippen LogP contribution < -0.4 is 5.32 Å². The van der Waals surface area contributed by atoms with E-state index in [4.69, 9.17) is 0 Å². The van der Waals surface area contributed by atoms with Crippen molar-refractivity contribution in [3.8, 4) is 0 Å². The first-order chi connectivity index (χ1) is 7.60. The summed E-state index contributed by atoms with van der Waals surface area (Å²) in [6.45, 7) is 6.78. The fraction of sp³-hybridized carbons (Fsp3) is 1.00. The highest BCUT2D eigenvalue weighted by Gasteiger charge is 2.40. The average Bonchev–Trinajstić information content (AvgIpc) is 2.43. The molecule has 1 aliphatic carbocycles. The largest absolute Gasteiger partial charge is 0.390 e. The van der Waals surface area contributed by atoms with Gasteiger partial charge in [-0.15, -0.1) is 0 Å². The second-order valence-corrected chi connectivity index (χ2v) is 6.32. The van der Waals surface area contributed by atoms with Gasteiger partial charge < -0.3 is 10.4 Å². The van der Waals surface area contributed by atoms with Gasteiger partial charge in [-0.2, -0.15) is 0 Å². The molecule has 1 heterocycles. The summed E-state index contributed by atoms with van der Waals surface area (Å²) < 4.78 is 0. The summed E-state index contributed by atoms with van der Waals surface area (Å²) >= 11 is 0. The van der Waals surface area contributed by atoms with Crippen LogP contribution in [0, 0.1) is 17.8 Å². The summed E-state index contributed by atoms with van der Waals surface area (Å²) in [5.74, 6) is 2.15. The van der Waals surface area contributed by atoms with Crippen LogP contribution in [-0.4, -0.2) is 23.8 Å². The van der Waals surface area contributed by atoms with Crippen LogP contribution in [0.5, 0.6) is 0 Å². The van der Waals surface area contributed by atoms with E-state index in [0.29, 0.717) is 5.92 Å². The van der Waals surface area contributed by atoms with E-state index >= 15 is 0 Å². The first kappa shape index (κ1) is 12.4. The Labute approximate surface area is 99.8 Å². The van der Waals surface area contributed by atoms with Crippen LogP contribution in [0.2, 0.25) is 0 Å². The fourth-order valence-corrected chi connectivity index (χ4v) is 3.87. The molecule has 94 valence electrons. The molecule has 2 fully saturated rings. The number of hydrogen-bond donors (Lipinski definition) is 2. The zero-order chi connectivity index (χ0) is 11.6. The molecule has 2 aliphatic rings. The van der Waals surface area contributed by atoms with Gasteiger partial charge in [-0.1, -0.05) is 13.8 Å². The van der Waals surface area contributed by atoms with E-state index in [0.717, 1.165) is 44.2 Å². The molecule has 0 spiro atoms. The number of aliphatic hydroxyl groups is 1. The zero-order valence-electron chi connectivity index (χ0n) is 10.8. The molecule has 2 heteroatoms. The molecule has 0 aromatic rings. The van der Waals surface area contributed by atoms with Gasteiger partial charge in [0.15, 0.2) is 0 Å². The van der Waals surface area contributed by atoms with Crippen molar-refractivity contribution in [2.45, 2.75) is 58.0 Å². The first-order valence-electron chi connectivity index (χ1n) is 7.03. The lowest BCUT2D eigenvalue weighted by Crippen LogP contribution is -2.42. The van der Waals surface area contributed by atoms with Crippen LogP contribution in [-0.2, 0) is 0 Å². The van der Waals surface area contributed by atoms with Gasteiger partial charge in [-0.25, -0.2) is 0 Å². The fourth-order valence-electron chi connectivity index (χ4n) is 3.87. The summed E-state index contributed by atoms with van der Waals surface area (Å²) in [5.41, 5.74) is -0.369. The van der Waals surface area contributed by atoms with Crippen molar-refractivity contribution in [1.29, 1.82) is 0 Å². The van der Waals surface area contributed by atoms with Crippen LogP contribution in [0.15, 0.2) is 0 Å². The van der Waals surface area contributed by atoms with E-state index in [1.165, 1.54) is 19.3 Å². The maximum absolute atomic E-state index is 10.9. The Kier molecular flexibility index (Phi) is 3.91. The minimum Gasteiger partial charge on any atom is -0.390 e. The van der Waals surface area contributed by atoms with E-state index in [1.807, 2.05) is 0 Å². The smallest absolute Gasteiger partial charge is 0.0688 e. The molecule has 2 nitrogen and oxygen atoms in total. The molecule has 0 bridgehead atoms. The lowest BCUT2D eigenvalue weighted by Gasteiger charge is -2.42. The lowest BCUT2D eigenvalue weighted by molar-refractivity contribution is -0.0572. The number of nitrogens with one attached hydrogen (secondary N) is 1. The molecular weight excluding hydrogens is 198 g/mol. The summed E-state index contributed by atoms with van der Waals surface area (Å²) in [4.78, 5) is 0. The van der Waals surface area contributed by atoms with Crippen molar-refractivity contribution >= 4 is 0 Å². The van der Waals surface area contributed by atoms with Gasteiger partial charge in [-0.05, 0) is 69.4 Å². The zero-order valence-corrected chi connectivity index (χ0v) is 10.8. The molecule has 0 aromatic heterocycles. The van der Waals surface area contributed by atoms with Crippen molar-refractivity contribution in [3.63, 3.8) is 0 Å². The lowest BCUT2D eigenvalue weighted by atomic mass is 9.67. The molecule has 16 heavy (non-hydrogen) atoms. The van der Waals surface area contributed by atoms with Gasteiger partial charge in [0.2, 0.25) is 0 Å². The van der Waals surface area contributed by atoms with E-state index in [-0.39, 0.29) is 5.60 Å². The predicted octanol–water partition coefficient (Wildman–Crippen LogP) is 2.56. The maximum atomic E-state index is 10.9. The first-order valence-corrected chi connectivity index (χ1v) is 7.03. The summed E-state index contributed by atoms with van der Waals surface area (Å²) in [7, 11) is 0. The standard InChI is InChI=1S/C14H27NO/c1-11-8-12(2)10-13(9-11)14(16)4-3-6-15-7-5-14/h11-13,15-16H,3-10H2,1-2H3.